The van der Waals surface area contributed by atoms with Crippen LogP contribution in [0.15, 0.2) is 12.2 Å². The normalized spacial score (nSPS) is 36.1. The predicted octanol–water partition coefficient (Wildman–Crippen LogP) is 0.871. The summed E-state index contributed by atoms with van der Waals surface area (Å²) in [6.07, 6.45) is 4.96. The summed E-state index contributed by atoms with van der Waals surface area (Å²) in [7, 11) is 0. The van der Waals surface area contributed by atoms with Crippen LogP contribution in [0.2, 0.25) is 0 Å². The highest BCUT2D eigenvalue weighted by Gasteiger charge is 2.60. The Morgan fingerprint density at radius 2 is 1.63 bits per heavy atom. The van der Waals surface area contributed by atoms with Gasteiger partial charge in [0.15, 0.2) is 0 Å². The summed E-state index contributed by atoms with van der Waals surface area (Å²) in [6, 6.07) is 0. The number of carbonyl (C=O) groups excluding carboxylic acids is 3. The number of carbonyl (C=O) groups is 3. The van der Waals surface area contributed by atoms with E-state index < -0.39 is 5.41 Å². The maximum Gasteiger partial charge on any atom is 0.252 e. The van der Waals surface area contributed by atoms with E-state index in [0.717, 1.165) is 11.4 Å². The quantitative estimate of drug-likeness (QED) is 0.563. The van der Waals surface area contributed by atoms with Crippen molar-refractivity contribution in [2.75, 3.05) is 0 Å². The number of amides is 3. The minimum Gasteiger partial charge on any atom is -0.273 e. The number of rotatable bonds is 1. The molecule has 4 atom stereocenters. The Bertz CT molecular complexity index is 473. The summed E-state index contributed by atoms with van der Waals surface area (Å²) in [5.74, 6) is -0.986. The van der Waals surface area contributed by atoms with Gasteiger partial charge in [-0.3, -0.25) is 19.8 Å². The summed E-state index contributed by atoms with van der Waals surface area (Å²) < 4.78 is 0. The Morgan fingerprint density at radius 3 is 2.05 bits per heavy atom. The lowest BCUT2D eigenvalue weighted by molar-refractivity contribution is -0.152. The third-order valence-corrected chi connectivity index (χ3v) is 4.36. The summed E-state index contributed by atoms with van der Waals surface area (Å²) in [4.78, 5) is 36.5. The van der Waals surface area contributed by atoms with E-state index in [2.05, 4.69) is 5.43 Å². The van der Waals surface area contributed by atoms with Gasteiger partial charge in [0.25, 0.3) is 11.8 Å². The number of imide groups is 1. The lowest BCUT2D eigenvalue weighted by atomic mass is 9.85. The topological polar surface area (TPSA) is 66.5 Å². The number of hydrogen-bond acceptors (Lipinski definition) is 3. The van der Waals surface area contributed by atoms with Crippen LogP contribution in [0.25, 0.3) is 0 Å². The zero-order valence-corrected chi connectivity index (χ0v) is 11.3. The van der Waals surface area contributed by atoms with Gasteiger partial charge in [0.05, 0.1) is 11.8 Å². The fourth-order valence-corrected chi connectivity index (χ4v) is 3.28. The van der Waals surface area contributed by atoms with Crippen molar-refractivity contribution >= 4 is 17.7 Å². The molecule has 5 heteroatoms. The summed E-state index contributed by atoms with van der Waals surface area (Å²) in [5, 5.41) is 0.953. The maximum absolute atomic E-state index is 12.3. The van der Waals surface area contributed by atoms with Crippen LogP contribution in [0, 0.1) is 29.1 Å². The molecule has 1 N–H and O–H groups in total. The molecule has 2 bridgehead atoms. The molecule has 3 aliphatic rings. The SMILES string of the molecule is CC(C)(C)C(=O)NN1C(=O)[C@@H]2[C@H](C1=O)[C@@H]1C=C[C@H]2C1. The highest BCUT2D eigenvalue weighted by molar-refractivity contribution is 6.07. The number of allylic oxidation sites excluding steroid dienone is 2. The van der Waals surface area contributed by atoms with Crippen LogP contribution in [-0.2, 0) is 14.4 Å². The number of hydrazine groups is 1. The van der Waals surface area contributed by atoms with Crippen LogP contribution in [0.1, 0.15) is 27.2 Å². The van der Waals surface area contributed by atoms with Gasteiger partial charge in [0.2, 0.25) is 5.91 Å². The molecule has 0 radical (unpaired) electrons. The molecule has 0 aromatic rings. The van der Waals surface area contributed by atoms with Crippen molar-refractivity contribution in [1.29, 1.82) is 0 Å². The van der Waals surface area contributed by atoms with Gasteiger partial charge in [-0.2, -0.15) is 5.01 Å². The molecular formula is C14H18N2O3. The second-order valence-electron chi connectivity index (χ2n) is 6.70. The molecule has 1 heterocycles. The Balaban J connectivity index is 1.81. The Hall–Kier alpha value is -1.65. The zero-order valence-electron chi connectivity index (χ0n) is 11.3. The van der Waals surface area contributed by atoms with E-state index in [1.54, 1.807) is 20.8 Å². The van der Waals surface area contributed by atoms with Crippen molar-refractivity contribution in [2.24, 2.45) is 29.1 Å². The van der Waals surface area contributed by atoms with E-state index in [9.17, 15) is 14.4 Å². The first kappa shape index (κ1) is 12.4. The second kappa shape index (κ2) is 3.68. The molecule has 5 nitrogen and oxygen atoms in total. The standard InChI is InChI=1S/C14H18N2O3/c1-14(2,3)13(19)15-16-11(17)9-7-4-5-8(6-7)10(9)12(16)18/h4-5,7-10H,6H2,1-3H3,(H,15,19)/t7-,8+,9-,10+. The number of hydrogen-bond donors (Lipinski definition) is 1. The van der Waals surface area contributed by atoms with Gasteiger partial charge >= 0.3 is 0 Å². The molecule has 0 aromatic carbocycles. The molecule has 1 saturated carbocycles. The molecule has 19 heavy (non-hydrogen) atoms. The van der Waals surface area contributed by atoms with Gasteiger partial charge in [0, 0.05) is 5.41 Å². The largest absolute Gasteiger partial charge is 0.273 e. The summed E-state index contributed by atoms with van der Waals surface area (Å²) >= 11 is 0. The fraction of sp³-hybridized carbons (Fsp3) is 0.643. The lowest BCUT2D eigenvalue weighted by Gasteiger charge is -2.23. The maximum atomic E-state index is 12.3. The van der Waals surface area contributed by atoms with Crippen molar-refractivity contribution in [3.8, 4) is 0 Å². The van der Waals surface area contributed by atoms with Gasteiger partial charge in [-0.25, -0.2) is 0 Å². The molecule has 1 aliphatic heterocycles. The molecular weight excluding hydrogens is 244 g/mol. The van der Waals surface area contributed by atoms with E-state index in [1.165, 1.54) is 0 Å². The second-order valence-corrected chi connectivity index (χ2v) is 6.70. The van der Waals surface area contributed by atoms with Crippen LogP contribution in [0.4, 0.5) is 0 Å². The molecule has 102 valence electrons. The van der Waals surface area contributed by atoms with Gasteiger partial charge in [-0.1, -0.05) is 32.9 Å². The van der Waals surface area contributed by atoms with E-state index in [-0.39, 0.29) is 41.4 Å². The van der Waals surface area contributed by atoms with Crippen molar-refractivity contribution in [3.05, 3.63) is 12.2 Å². The lowest BCUT2D eigenvalue weighted by Crippen LogP contribution is -2.50. The smallest absolute Gasteiger partial charge is 0.252 e. The molecule has 3 rings (SSSR count). The van der Waals surface area contributed by atoms with Crippen LogP contribution < -0.4 is 5.43 Å². The first-order chi connectivity index (χ1) is 8.80. The highest BCUT2D eigenvalue weighted by Crippen LogP contribution is 2.52. The van der Waals surface area contributed by atoms with Crippen molar-refractivity contribution in [3.63, 3.8) is 0 Å². The van der Waals surface area contributed by atoms with Gasteiger partial charge in [0.1, 0.15) is 0 Å². The molecule has 3 amide bonds. The van der Waals surface area contributed by atoms with Crippen LogP contribution in [0.3, 0.4) is 0 Å². The summed E-state index contributed by atoms with van der Waals surface area (Å²) in [6.45, 7) is 5.25. The van der Waals surface area contributed by atoms with Gasteiger partial charge in [-0.15, -0.1) is 0 Å². The molecule has 0 aromatic heterocycles. The number of fused-ring (bicyclic) bond motifs is 5. The Morgan fingerprint density at radius 1 is 1.16 bits per heavy atom. The van der Waals surface area contributed by atoms with E-state index in [1.807, 2.05) is 12.2 Å². The van der Waals surface area contributed by atoms with Crippen molar-refractivity contribution in [1.82, 2.24) is 10.4 Å². The van der Waals surface area contributed by atoms with Crippen LogP contribution in [-0.4, -0.2) is 22.7 Å². The summed E-state index contributed by atoms with van der Waals surface area (Å²) in [5.41, 5.74) is 1.85. The average molecular weight is 262 g/mol. The fourth-order valence-electron chi connectivity index (χ4n) is 3.28. The molecule has 2 aliphatic carbocycles. The molecule has 0 spiro atoms. The van der Waals surface area contributed by atoms with Gasteiger partial charge < -0.3 is 0 Å². The van der Waals surface area contributed by atoms with E-state index in [0.29, 0.717) is 0 Å². The average Bonchev–Trinajstić information content (AvgIpc) is 2.97. The zero-order chi connectivity index (χ0) is 13.9. The van der Waals surface area contributed by atoms with Crippen LogP contribution >= 0.6 is 0 Å². The van der Waals surface area contributed by atoms with E-state index in [4.69, 9.17) is 0 Å². The Kier molecular flexibility index (Phi) is 2.40. The molecule has 1 saturated heterocycles. The predicted molar refractivity (Wildman–Crippen MR) is 67.2 cm³/mol. The monoisotopic (exact) mass is 262 g/mol. The minimum absolute atomic E-state index is 0.169. The minimum atomic E-state index is -0.629. The van der Waals surface area contributed by atoms with Crippen molar-refractivity contribution in [2.45, 2.75) is 27.2 Å². The molecule has 0 unspecified atom stereocenters. The van der Waals surface area contributed by atoms with E-state index >= 15 is 0 Å². The molecule has 2 fully saturated rings. The van der Waals surface area contributed by atoms with Crippen molar-refractivity contribution < 1.29 is 14.4 Å². The Labute approximate surface area is 112 Å². The third-order valence-electron chi connectivity index (χ3n) is 4.36. The first-order valence-corrected chi connectivity index (χ1v) is 6.68. The number of nitrogens with zero attached hydrogens (tertiary/aromatic N) is 1. The van der Waals surface area contributed by atoms with Crippen LogP contribution in [0.5, 0.6) is 0 Å². The van der Waals surface area contributed by atoms with Gasteiger partial charge in [-0.05, 0) is 18.3 Å². The third kappa shape index (κ3) is 1.64. The highest BCUT2D eigenvalue weighted by atomic mass is 16.2. The first-order valence-electron chi connectivity index (χ1n) is 6.68. The number of nitrogens with one attached hydrogen (secondary N) is 1.